The summed E-state index contributed by atoms with van der Waals surface area (Å²) in [5.74, 6) is 0.352. The third-order valence-corrected chi connectivity index (χ3v) is 6.80. The van der Waals surface area contributed by atoms with Crippen LogP contribution < -0.4 is 4.74 Å². The van der Waals surface area contributed by atoms with E-state index in [9.17, 15) is 13.2 Å². The summed E-state index contributed by atoms with van der Waals surface area (Å²) in [6.07, 6.45) is 1.69. The minimum atomic E-state index is -5.08. The maximum atomic E-state index is 10.6. The minimum absolute atomic E-state index is 0.455. The first-order valence-electron chi connectivity index (χ1n) is 12.3. The summed E-state index contributed by atoms with van der Waals surface area (Å²) in [5.41, 5.74) is 3.15. The number of rotatable bonds is 5. The molecule has 2 saturated heterocycles. The first-order chi connectivity index (χ1) is 17.7. The summed E-state index contributed by atoms with van der Waals surface area (Å²) in [5, 5.41) is 12.0. The second kappa shape index (κ2) is 11.9. The number of aliphatic carboxylic acids is 1. The van der Waals surface area contributed by atoms with Crippen LogP contribution in [0.1, 0.15) is 37.4 Å². The highest BCUT2D eigenvalue weighted by Crippen LogP contribution is 2.29. The smallest absolute Gasteiger partial charge is 0.490 e. The molecule has 1 aromatic carbocycles. The van der Waals surface area contributed by atoms with E-state index in [-0.39, 0.29) is 0 Å². The number of alkyl halides is 3. The van der Waals surface area contributed by atoms with Crippen molar-refractivity contribution in [3.8, 4) is 16.9 Å². The first-order valence-corrected chi connectivity index (χ1v) is 12.3. The number of piperidine rings is 1. The van der Waals surface area contributed by atoms with Crippen LogP contribution in [0.5, 0.6) is 5.75 Å². The molecule has 2 aromatic heterocycles. The van der Waals surface area contributed by atoms with E-state index in [1.807, 2.05) is 22.7 Å². The second-order valence-corrected chi connectivity index (χ2v) is 9.36. The van der Waals surface area contributed by atoms with Crippen molar-refractivity contribution in [1.29, 1.82) is 0 Å². The normalized spacial score (nSPS) is 17.8. The van der Waals surface area contributed by atoms with E-state index in [2.05, 4.69) is 29.3 Å². The van der Waals surface area contributed by atoms with Crippen molar-refractivity contribution in [2.45, 2.75) is 37.8 Å². The summed E-state index contributed by atoms with van der Waals surface area (Å²) in [6.45, 7) is 5.38. The lowest BCUT2D eigenvalue weighted by Gasteiger charge is -2.34. The maximum absolute atomic E-state index is 10.6. The molecule has 1 N–H and O–H groups in total. The highest BCUT2D eigenvalue weighted by Gasteiger charge is 2.38. The summed E-state index contributed by atoms with van der Waals surface area (Å²) in [4.78, 5) is 16.4. The number of hydrogen-bond acceptors (Lipinski definition) is 6. The Bertz CT molecular complexity index is 1190. The predicted octanol–water partition coefficient (Wildman–Crippen LogP) is 4.64. The molecule has 8 nitrogen and oxygen atoms in total. The number of aromatic nitrogens is 3. The first kappa shape index (κ1) is 26.9. The monoisotopic (exact) mass is 520 g/mol. The number of pyridine rings is 1. The lowest BCUT2D eigenvalue weighted by Crippen LogP contribution is -2.38. The van der Waals surface area contributed by atoms with Crippen molar-refractivity contribution < 1.29 is 32.5 Å². The number of benzene rings is 1. The van der Waals surface area contributed by atoms with E-state index in [0.29, 0.717) is 5.92 Å². The van der Waals surface area contributed by atoms with Crippen molar-refractivity contribution in [1.82, 2.24) is 19.5 Å². The van der Waals surface area contributed by atoms with E-state index in [4.69, 9.17) is 29.5 Å². The Labute approximate surface area is 213 Å². The Hall–Kier alpha value is -3.18. The Morgan fingerprint density at radius 1 is 1.11 bits per heavy atom. The minimum Gasteiger partial charge on any atom is -0.497 e. The fourth-order valence-corrected chi connectivity index (χ4v) is 4.71. The average molecular weight is 521 g/mol. The number of nitrogens with zero attached hydrogens (tertiary/aromatic N) is 4. The van der Waals surface area contributed by atoms with Gasteiger partial charge in [0, 0.05) is 37.4 Å². The van der Waals surface area contributed by atoms with Gasteiger partial charge >= 0.3 is 12.1 Å². The van der Waals surface area contributed by atoms with Crippen LogP contribution in [0, 0.1) is 5.92 Å². The van der Waals surface area contributed by atoms with Gasteiger partial charge in [0.2, 0.25) is 0 Å². The SMILES string of the molecule is COc1cccc(-c2ccc3nc(C4CCN(CC5CCOCC5)CC4)nn3c2)c1.O=C(O)C(F)(F)F. The molecular formula is C26H31F3N4O4. The van der Waals surface area contributed by atoms with Gasteiger partial charge < -0.3 is 19.5 Å². The third-order valence-electron chi connectivity index (χ3n) is 6.80. The molecule has 4 heterocycles. The Morgan fingerprint density at radius 2 is 1.81 bits per heavy atom. The van der Waals surface area contributed by atoms with Gasteiger partial charge in [-0.3, -0.25) is 0 Å². The quantitative estimate of drug-likeness (QED) is 0.524. The molecule has 0 radical (unpaired) electrons. The topological polar surface area (TPSA) is 89.2 Å². The van der Waals surface area contributed by atoms with Crippen molar-refractivity contribution >= 4 is 11.6 Å². The molecule has 37 heavy (non-hydrogen) atoms. The van der Waals surface area contributed by atoms with Gasteiger partial charge in [0.1, 0.15) is 5.75 Å². The molecule has 0 bridgehead atoms. The fourth-order valence-electron chi connectivity index (χ4n) is 4.71. The molecule has 3 aromatic rings. The zero-order valence-electron chi connectivity index (χ0n) is 20.7. The summed E-state index contributed by atoms with van der Waals surface area (Å²) >= 11 is 0. The van der Waals surface area contributed by atoms with E-state index >= 15 is 0 Å². The van der Waals surface area contributed by atoms with Crippen molar-refractivity contribution in [2.24, 2.45) is 5.92 Å². The van der Waals surface area contributed by atoms with Crippen LogP contribution in [0.2, 0.25) is 0 Å². The molecule has 0 saturated carbocycles. The van der Waals surface area contributed by atoms with Gasteiger partial charge in [-0.05, 0) is 74.5 Å². The van der Waals surface area contributed by atoms with Crippen molar-refractivity contribution in [2.75, 3.05) is 40.0 Å². The van der Waals surface area contributed by atoms with Crippen molar-refractivity contribution in [3.63, 3.8) is 0 Å². The number of ether oxygens (including phenoxy) is 2. The van der Waals surface area contributed by atoms with Gasteiger partial charge in [0.15, 0.2) is 11.5 Å². The van der Waals surface area contributed by atoms with Crippen LogP contribution in [0.4, 0.5) is 13.2 Å². The summed E-state index contributed by atoms with van der Waals surface area (Å²) < 4.78 is 44.5. The second-order valence-electron chi connectivity index (χ2n) is 9.36. The lowest BCUT2D eigenvalue weighted by atomic mass is 9.93. The molecule has 2 aliphatic rings. The van der Waals surface area contributed by atoms with Gasteiger partial charge in [-0.2, -0.15) is 18.3 Å². The standard InChI is InChI=1S/C24H30N4O2.C2HF3O2/c1-29-22-4-2-3-20(15-22)21-5-6-23-25-24(26-28(23)17-21)19-7-11-27(12-8-19)16-18-9-13-30-14-10-18;3-2(4,5)1(6)7/h2-6,15,17-19H,7-14,16H2,1H3;(H,6,7). The van der Waals surface area contributed by atoms with E-state index in [0.717, 1.165) is 73.4 Å². The predicted molar refractivity (Wildman–Crippen MR) is 131 cm³/mol. The number of carboxylic acids is 1. The zero-order valence-corrected chi connectivity index (χ0v) is 20.7. The van der Waals surface area contributed by atoms with Gasteiger partial charge in [-0.25, -0.2) is 14.3 Å². The number of likely N-dealkylation sites (tertiary alicyclic amines) is 1. The van der Waals surface area contributed by atoms with Crippen LogP contribution in [-0.2, 0) is 9.53 Å². The van der Waals surface area contributed by atoms with Crippen LogP contribution in [-0.4, -0.2) is 76.7 Å². The molecule has 0 amide bonds. The van der Waals surface area contributed by atoms with Crippen LogP contribution in [0.3, 0.4) is 0 Å². The molecular weight excluding hydrogens is 489 g/mol. The van der Waals surface area contributed by atoms with Gasteiger partial charge in [0.05, 0.1) is 7.11 Å². The largest absolute Gasteiger partial charge is 0.497 e. The van der Waals surface area contributed by atoms with Crippen LogP contribution in [0.15, 0.2) is 42.6 Å². The van der Waals surface area contributed by atoms with Crippen molar-refractivity contribution in [3.05, 3.63) is 48.4 Å². The van der Waals surface area contributed by atoms with Crippen LogP contribution >= 0.6 is 0 Å². The summed E-state index contributed by atoms with van der Waals surface area (Å²) in [6, 6.07) is 12.3. The number of halogens is 3. The molecule has 0 unspecified atom stereocenters. The Kier molecular flexibility index (Phi) is 8.65. The molecule has 0 atom stereocenters. The molecule has 2 aliphatic heterocycles. The third kappa shape index (κ3) is 7.20. The molecule has 5 rings (SSSR count). The number of fused-ring (bicyclic) bond motifs is 1. The molecule has 2 fully saturated rings. The molecule has 200 valence electrons. The number of methoxy groups -OCH3 is 1. The van der Waals surface area contributed by atoms with E-state index < -0.39 is 12.1 Å². The number of carbonyl (C=O) groups is 1. The molecule has 11 heteroatoms. The summed E-state index contributed by atoms with van der Waals surface area (Å²) in [7, 11) is 1.70. The lowest BCUT2D eigenvalue weighted by molar-refractivity contribution is -0.192. The highest BCUT2D eigenvalue weighted by molar-refractivity contribution is 5.73. The highest BCUT2D eigenvalue weighted by atomic mass is 19.4. The van der Waals surface area contributed by atoms with E-state index in [1.54, 1.807) is 7.11 Å². The fraction of sp³-hybridized carbons (Fsp3) is 0.500. The van der Waals surface area contributed by atoms with Crippen LogP contribution in [0.25, 0.3) is 16.8 Å². The van der Waals surface area contributed by atoms with Gasteiger partial charge in [0.25, 0.3) is 0 Å². The average Bonchev–Trinajstić information content (AvgIpc) is 3.33. The molecule has 0 aliphatic carbocycles. The Balaban J connectivity index is 0.000000405. The van der Waals surface area contributed by atoms with Gasteiger partial charge in [-0.1, -0.05) is 12.1 Å². The van der Waals surface area contributed by atoms with Gasteiger partial charge in [-0.15, -0.1) is 0 Å². The number of carboxylic acid groups (broad SMARTS) is 1. The number of hydrogen-bond donors (Lipinski definition) is 1. The zero-order chi connectivity index (χ0) is 26.4. The molecule has 0 spiro atoms. The maximum Gasteiger partial charge on any atom is 0.490 e. The van der Waals surface area contributed by atoms with E-state index in [1.165, 1.54) is 19.4 Å². The Morgan fingerprint density at radius 3 is 2.46 bits per heavy atom.